The van der Waals surface area contributed by atoms with Gasteiger partial charge in [-0.25, -0.2) is 0 Å². The molecular formula is C63H42N2. The maximum atomic E-state index is 2.50. The molecule has 304 valence electrons. The lowest BCUT2D eigenvalue weighted by Crippen LogP contribution is -2.28. The summed E-state index contributed by atoms with van der Waals surface area (Å²) < 4.78 is 2.44. The minimum Gasteiger partial charge on any atom is -0.309 e. The van der Waals surface area contributed by atoms with E-state index < -0.39 is 5.41 Å². The molecule has 0 atom stereocenters. The van der Waals surface area contributed by atoms with Gasteiger partial charge in [0.15, 0.2) is 0 Å². The molecule has 0 bridgehead atoms. The molecule has 0 radical (unpaired) electrons. The summed E-state index contributed by atoms with van der Waals surface area (Å²) in [7, 11) is 0. The highest BCUT2D eigenvalue weighted by Gasteiger charge is 2.46. The normalized spacial score (nSPS) is 12.7. The first kappa shape index (κ1) is 37.1. The minimum atomic E-state index is -0.518. The van der Waals surface area contributed by atoms with Crippen molar-refractivity contribution in [3.05, 3.63) is 277 Å². The third-order valence-corrected chi connectivity index (χ3v) is 13.8. The first-order valence-corrected chi connectivity index (χ1v) is 22.5. The van der Waals surface area contributed by atoms with Gasteiger partial charge in [0.1, 0.15) is 0 Å². The second-order valence-electron chi connectivity index (χ2n) is 17.2. The summed E-state index contributed by atoms with van der Waals surface area (Å²) in [5, 5.41) is 7.26. The number of para-hydroxylation sites is 2. The van der Waals surface area contributed by atoms with Crippen molar-refractivity contribution < 1.29 is 0 Å². The Morgan fingerprint density at radius 3 is 1.42 bits per heavy atom. The van der Waals surface area contributed by atoms with Crippen LogP contribution in [0.1, 0.15) is 22.3 Å². The molecule has 1 aliphatic rings. The van der Waals surface area contributed by atoms with Crippen molar-refractivity contribution in [1.29, 1.82) is 0 Å². The Hall–Kier alpha value is -8.46. The van der Waals surface area contributed by atoms with Crippen LogP contribution in [0.2, 0.25) is 0 Å². The molecule has 2 heteroatoms. The van der Waals surface area contributed by atoms with Crippen LogP contribution in [0, 0.1) is 0 Å². The van der Waals surface area contributed by atoms with E-state index in [9.17, 15) is 0 Å². The Balaban J connectivity index is 1.13. The molecule has 1 aromatic heterocycles. The molecule has 2 nitrogen and oxygen atoms in total. The van der Waals surface area contributed by atoms with Crippen molar-refractivity contribution in [2.75, 3.05) is 4.90 Å². The van der Waals surface area contributed by atoms with Gasteiger partial charge in [0, 0.05) is 38.6 Å². The Labute approximate surface area is 378 Å². The number of rotatable bonds is 7. The van der Waals surface area contributed by atoms with Crippen molar-refractivity contribution in [2.45, 2.75) is 5.41 Å². The van der Waals surface area contributed by atoms with Crippen LogP contribution in [0.25, 0.3) is 71.3 Å². The molecule has 65 heavy (non-hydrogen) atoms. The summed E-state index contributed by atoms with van der Waals surface area (Å²) in [6, 6.07) is 93.9. The van der Waals surface area contributed by atoms with Gasteiger partial charge in [0.2, 0.25) is 0 Å². The molecule has 13 rings (SSSR count). The second kappa shape index (κ2) is 14.8. The number of nitrogens with zero attached hydrogens (tertiary/aromatic N) is 2. The summed E-state index contributed by atoms with van der Waals surface area (Å²) in [5.41, 5.74) is 16.5. The van der Waals surface area contributed by atoms with E-state index in [2.05, 4.69) is 264 Å². The summed E-state index contributed by atoms with van der Waals surface area (Å²) >= 11 is 0. The van der Waals surface area contributed by atoms with E-state index in [0.717, 1.165) is 28.3 Å². The lowest BCUT2D eigenvalue weighted by molar-refractivity contribution is 0.770. The number of anilines is 3. The fourth-order valence-electron chi connectivity index (χ4n) is 11.2. The first-order chi connectivity index (χ1) is 32.3. The fraction of sp³-hybridized carbons (Fsp3) is 0.0159. The molecule has 1 aliphatic carbocycles. The van der Waals surface area contributed by atoms with Crippen molar-refractivity contribution in [1.82, 2.24) is 4.57 Å². The number of hydrogen-bond donors (Lipinski definition) is 0. The van der Waals surface area contributed by atoms with E-state index in [-0.39, 0.29) is 0 Å². The maximum absolute atomic E-state index is 2.50. The van der Waals surface area contributed by atoms with Crippen LogP contribution in [0.15, 0.2) is 255 Å². The van der Waals surface area contributed by atoms with Crippen LogP contribution in [0.4, 0.5) is 17.1 Å². The highest BCUT2D eigenvalue weighted by Crippen LogP contribution is 2.57. The summed E-state index contributed by atoms with van der Waals surface area (Å²) in [6.45, 7) is 0. The van der Waals surface area contributed by atoms with Crippen LogP contribution in [0.5, 0.6) is 0 Å². The number of hydrogen-bond acceptors (Lipinski definition) is 1. The Morgan fingerprint density at radius 2 is 0.800 bits per heavy atom. The van der Waals surface area contributed by atoms with Gasteiger partial charge in [-0.1, -0.05) is 200 Å². The van der Waals surface area contributed by atoms with Gasteiger partial charge in [-0.15, -0.1) is 0 Å². The Kier molecular flexibility index (Phi) is 8.47. The van der Waals surface area contributed by atoms with Gasteiger partial charge >= 0.3 is 0 Å². The van der Waals surface area contributed by atoms with Crippen LogP contribution < -0.4 is 4.90 Å². The Morgan fingerprint density at radius 1 is 0.323 bits per heavy atom. The standard InChI is InChI=1S/C63H42N2/c1-5-21-43(22-6-1)61-51-31-13-15-33-53(51)62(54-34-16-14-32-52(54)61)64(46-25-9-3-10-26-46)48-38-40-60-56(42-48)55-41-45(37-39-59(55)65(60)47-27-11-4-12-28-47)63(44-23-7-2-8-24-44)57-35-19-17-29-49(57)50-30-18-20-36-58(50)63/h1-42H. The van der Waals surface area contributed by atoms with E-state index in [1.54, 1.807) is 0 Å². The average molecular weight is 827 g/mol. The first-order valence-electron chi connectivity index (χ1n) is 22.5. The van der Waals surface area contributed by atoms with E-state index >= 15 is 0 Å². The maximum Gasteiger partial charge on any atom is 0.0713 e. The SMILES string of the molecule is c1ccc(-c2c3ccccc3c(N(c3ccccc3)c3ccc4c(c3)c3cc(C5(c6ccccc6)c6ccccc6-c6ccccc65)ccc3n4-c3ccccc3)c3ccccc23)cc1. The molecule has 0 fully saturated rings. The quantitative estimate of drug-likeness (QED) is 0.145. The van der Waals surface area contributed by atoms with Crippen LogP contribution in [-0.2, 0) is 5.41 Å². The second-order valence-corrected chi connectivity index (χ2v) is 17.2. The predicted molar refractivity (Wildman–Crippen MR) is 273 cm³/mol. The van der Waals surface area contributed by atoms with Gasteiger partial charge in [-0.3, -0.25) is 0 Å². The lowest BCUT2D eigenvalue weighted by Gasteiger charge is -2.34. The Bertz CT molecular complexity index is 3660. The molecule has 0 saturated carbocycles. The molecule has 1 heterocycles. The van der Waals surface area contributed by atoms with Gasteiger partial charge in [-0.05, 0) is 110 Å². The molecule has 0 unspecified atom stereocenters. The predicted octanol–water partition coefficient (Wildman–Crippen LogP) is 16.6. The monoisotopic (exact) mass is 826 g/mol. The van der Waals surface area contributed by atoms with Crippen molar-refractivity contribution >= 4 is 60.4 Å². The molecule has 0 saturated heterocycles. The lowest BCUT2D eigenvalue weighted by atomic mass is 9.67. The molecule has 11 aromatic carbocycles. The highest BCUT2D eigenvalue weighted by atomic mass is 15.1. The smallest absolute Gasteiger partial charge is 0.0713 e. The number of aromatic nitrogens is 1. The van der Waals surface area contributed by atoms with Crippen molar-refractivity contribution in [2.24, 2.45) is 0 Å². The summed E-state index contributed by atoms with van der Waals surface area (Å²) in [6.07, 6.45) is 0. The minimum absolute atomic E-state index is 0.518. The molecular weight excluding hydrogens is 785 g/mol. The van der Waals surface area contributed by atoms with E-state index in [0.29, 0.717) is 0 Å². The van der Waals surface area contributed by atoms with Crippen LogP contribution in [-0.4, -0.2) is 4.57 Å². The fourth-order valence-corrected chi connectivity index (χ4v) is 11.2. The zero-order valence-electron chi connectivity index (χ0n) is 35.6. The zero-order chi connectivity index (χ0) is 42.9. The van der Waals surface area contributed by atoms with Gasteiger partial charge in [0.25, 0.3) is 0 Å². The van der Waals surface area contributed by atoms with E-state index in [4.69, 9.17) is 0 Å². The largest absolute Gasteiger partial charge is 0.309 e. The van der Waals surface area contributed by atoms with Crippen LogP contribution >= 0.6 is 0 Å². The van der Waals surface area contributed by atoms with Gasteiger partial charge in [-0.2, -0.15) is 0 Å². The molecule has 0 aliphatic heterocycles. The molecule has 12 aromatic rings. The topological polar surface area (TPSA) is 8.17 Å². The number of benzene rings is 11. The average Bonchev–Trinajstić information content (AvgIpc) is 3.87. The molecule has 0 spiro atoms. The van der Waals surface area contributed by atoms with E-state index in [1.165, 1.54) is 82.3 Å². The molecule has 0 N–H and O–H groups in total. The van der Waals surface area contributed by atoms with E-state index in [1.807, 2.05) is 0 Å². The third-order valence-electron chi connectivity index (χ3n) is 13.8. The van der Waals surface area contributed by atoms with Gasteiger partial charge in [0.05, 0.1) is 22.1 Å². The van der Waals surface area contributed by atoms with Gasteiger partial charge < -0.3 is 9.47 Å². The summed E-state index contributed by atoms with van der Waals surface area (Å²) in [4.78, 5) is 2.49. The van der Waals surface area contributed by atoms with Crippen LogP contribution in [0.3, 0.4) is 0 Å². The highest BCUT2D eigenvalue weighted by molar-refractivity contribution is 6.23. The molecule has 0 amide bonds. The van der Waals surface area contributed by atoms with Crippen molar-refractivity contribution in [3.8, 4) is 27.9 Å². The summed E-state index contributed by atoms with van der Waals surface area (Å²) in [5.74, 6) is 0. The van der Waals surface area contributed by atoms with Crippen molar-refractivity contribution in [3.63, 3.8) is 0 Å². The zero-order valence-corrected chi connectivity index (χ0v) is 35.6. The number of fused-ring (bicyclic) bond motifs is 8. The third kappa shape index (κ3) is 5.54.